The van der Waals surface area contributed by atoms with Crippen molar-refractivity contribution in [2.24, 2.45) is 0 Å². The van der Waals surface area contributed by atoms with Crippen molar-refractivity contribution >= 4 is 28.3 Å². The molecular weight excluding hydrogens is 305 g/mol. The summed E-state index contributed by atoms with van der Waals surface area (Å²) in [6.07, 6.45) is 1.65. The molecule has 0 saturated heterocycles. The molecule has 1 heterocycles. The Kier molecular flexibility index (Phi) is 3.00. The first-order chi connectivity index (χ1) is 7.24. The second-order valence-electron chi connectivity index (χ2n) is 2.84. The molecular formula is C10H8IN3O. The summed E-state index contributed by atoms with van der Waals surface area (Å²) in [7, 11) is 0. The van der Waals surface area contributed by atoms with Gasteiger partial charge in [-0.05, 0) is 12.1 Å². The van der Waals surface area contributed by atoms with Crippen LogP contribution in [0.5, 0.6) is 11.6 Å². The Labute approximate surface area is 101 Å². The molecule has 4 nitrogen and oxygen atoms in total. The van der Waals surface area contributed by atoms with E-state index in [1.165, 1.54) is 0 Å². The molecule has 1 aromatic carbocycles. The molecule has 0 aliphatic heterocycles. The van der Waals surface area contributed by atoms with Gasteiger partial charge in [-0.15, -0.1) is 0 Å². The summed E-state index contributed by atoms with van der Waals surface area (Å²) in [4.78, 5) is 8.08. The Balaban J connectivity index is 2.22. The average Bonchev–Trinajstić information content (AvgIpc) is 2.17. The van der Waals surface area contributed by atoms with Gasteiger partial charge in [-0.2, -0.15) is 4.98 Å². The van der Waals surface area contributed by atoms with E-state index >= 15 is 0 Å². The molecule has 0 saturated carbocycles. The molecule has 0 spiro atoms. The summed E-state index contributed by atoms with van der Waals surface area (Å²) in [6.45, 7) is 0. The van der Waals surface area contributed by atoms with E-state index in [-0.39, 0.29) is 0 Å². The highest BCUT2D eigenvalue weighted by atomic mass is 127. The first kappa shape index (κ1) is 10.2. The maximum absolute atomic E-state index is 5.63. The van der Waals surface area contributed by atoms with Gasteiger partial charge >= 0.3 is 0 Å². The number of hydrogen-bond acceptors (Lipinski definition) is 4. The minimum Gasteiger partial charge on any atom is -0.439 e. The largest absolute Gasteiger partial charge is 0.439 e. The quantitative estimate of drug-likeness (QED) is 0.525. The number of anilines is 1. The molecule has 0 aliphatic carbocycles. The van der Waals surface area contributed by atoms with Crippen LogP contribution in [0.2, 0.25) is 0 Å². The lowest BCUT2D eigenvalue weighted by atomic mass is 10.3. The van der Waals surface area contributed by atoms with Gasteiger partial charge in [0, 0.05) is 46.6 Å². The molecule has 5 heteroatoms. The number of rotatable bonds is 2. The van der Waals surface area contributed by atoms with Crippen LogP contribution in [0.25, 0.3) is 0 Å². The van der Waals surface area contributed by atoms with E-state index < -0.39 is 0 Å². The molecule has 76 valence electrons. The minimum atomic E-state index is 0.514. The third-order valence-electron chi connectivity index (χ3n) is 1.68. The van der Waals surface area contributed by atoms with Crippen molar-refractivity contribution in [3.05, 3.63) is 40.4 Å². The fourth-order valence-electron chi connectivity index (χ4n) is 1.08. The minimum absolute atomic E-state index is 0.514. The van der Waals surface area contributed by atoms with Gasteiger partial charge in [0.1, 0.15) is 5.75 Å². The van der Waals surface area contributed by atoms with Gasteiger partial charge in [0.15, 0.2) is 3.83 Å². The Bertz CT molecular complexity index is 432. The van der Waals surface area contributed by atoms with E-state index in [0.717, 1.165) is 0 Å². The first-order valence-corrected chi connectivity index (χ1v) is 5.34. The molecule has 0 atom stereocenters. The number of nitrogens with zero attached hydrogens (tertiary/aromatic N) is 2. The van der Waals surface area contributed by atoms with Crippen molar-refractivity contribution < 1.29 is 4.74 Å². The Morgan fingerprint density at radius 1 is 1.27 bits per heavy atom. The Hall–Kier alpha value is -1.37. The number of nitrogen functional groups attached to an aromatic ring is 1. The van der Waals surface area contributed by atoms with Crippen LogP contribution in [0, 0.1) is 3.83 Å². The smallest absolute Gasteiger partial charge is 0.223 e. The second-order valence-corrected chi connectivity index (χ2v) is 3.80. The number of benzene rings is 1. The maximum Gasteiger partial charge on any atom is 0.223 e. The number of halogens is 1. The zero-order valence-electron chi connectivity index (χ0n) is 7.72. The van der Waals surface area contributed by atoms with Crippen molar-refractivity contribution in [3.8, 4) is 11.6 Å². The van der Waals surface area contributed by atoms with Gasteiger partial charge in [-0.1, -0.05) is 6.07 Å². The monoisotopic (exact) mass is 313 g/mol. The zero-order valence-corrected chi connectivity index (χ0v) is 9.88. The molecule has 15 heavy (non-hydrogen) atoms. The predicted molar refractivity (Wildman–Crippen MR) is 65.7 cm³/mol. The molecule has 2 N–H and O–H groups in total. The van der Waals surface area contributed by atoms with Gasteiger partial charge < -0.3 is 10.5 Å². The summed E-state index contributed by atoms with van der Waals surface area (Å²) < 4.78 is 6.15. The summed E-state index contributed by atoms with van der Waals surface area (Å²) >= 11 is 2.03. The van der Waals surface area contributed by atoms with Crippen LogP contribution in [-0.2, 0) is 0 Å². The molecule has 0 unspecified atom stereocenters. The predicted octanol–water partition coefficient (Wildman–Crippen LogP) is 2.46. The van der Waals surface area contributed by atoms with Gasteiger partial charge in [-0.25, -0.2) is 4.98 Å². The van der Waals surface area contributed by atoms with E-state index in [2.05, 4.69) is 9.97 Å². The highest BCUT2D eigenvalue weighted by molar-refractivity contribution is 14.1. The van der Waals surface area contributed by atoms with Crippen molar-refractivity contribution in [1.29, 1.82) is 0 Å². The van der Waals surface area contributed by atoms with E-state index in [4.69, 9.17) is 10.5 Å². The average molecular weight is 313 g/mol. The molecule has 0 amide bonds. The van der Waals surface area contributed by atoms with Gasteiger partial charge in [0.25, 0.3) is 0 Å². The lowest BCUT2D eigenvalue weighted by molar-refractivity contribution is 0.460. The molecule has 2 rings (SSSR count). The van der Waals surface area contributed by atoms with Crippen LogP contribution in [0.1, 0.15) is 0 Å². The summed E-state index contributed by atoms with van der Waals surface area (Å²) in [5, 5.41) is 0. The van der Waals surface area contributed by atoms with E-state index in [1.54, 1.807) is 24.4 Å². The van der Waals surface area contributed by atoms with Crippen LogP contribution in [0.3, 0.4) is 0 Å². The lowest BCUT2D eigenvalue weighted by Gasteiger charge is -2.04. The van der Waals surface area contributed by atoms with Crippen molar-refractivity contribution in [2.75, 3.05) is 5.73 Å². The highest BCUT2D eigenvalue weighted by Crippen LogP contribution is 2.21. The first-order valence-electron chi connectivity index (χ1n) is 4.26. The van der Waals surface area contributed by atoms with Crippen molar-refractivity contribution in [3.63, 3.8) is 0 Å². The number of hydrogen-bond donors (Lipinski definition) is 1. The van der Waals surface area contributed by atoms with E-state index in [9.17, 15) is 0 Å². The summed E-state index contributed by atoms with van der Waals surface area (Å²) in [5.41, 5.74) is 6.29. The van der Waals surface area contributed by atoms with Crippen LogP contribution in [0.4, 0.5) is 5.69 Å². The third-order valence-corrected chi connectivity index (χ3v) is 2.20. The van der Waals surface area contributed by atoms with Gasteiger partial charge in [-0.3, -0.25) is 0 Å². The van der Waals surface area contributed by atoms with E-state index in [0.29, 0.717) is 21.1 Å². The standard InChI is InChI=1S/C10H8IN3O/c11-10-13-5-4-9(14-10)15-8-3-1-2-7(12)6-8/h1-6H,12H2. The number of nitrogens with two attached hydrogens (primary N) is 1. The summed E-state index contributed by atoms with van der Waals surface area (Å²) in [5.74, 6) is 1.18. The fourth-order valence-corrected chi connectivity index (χ4v) is 1.47. The number of aromatic nitrogens is 2. The normalized spacial score (nSPS) is 9.93. The molecule has 0 radical (unpaired) electrons. The maximum atomic E-state index is 5.63. The third kappa shape index (κ3) is 2.79. The molecule has 0 aliphatic rings. The molecule has 1 aromatic heterocycles. The number of ether oxygens (including phenoxy) is 1. The topological polar surface area (TPSA) is 61.0 Å². The van der Waals surface area contributed by atoms with Crippen molar-refractivity contribution in [1.82, 2.24) is 9.97 Å². The van der Waals surface area contributed by atoms with Crippen LogP contribution >= 0.6 is 22.6 Å². The molecule has 0 fully saturated rings. The fraction of sp³-hybridized carbons (Fsp3) is 0. The van der Waals surface area contributed by atoms with Crippen molar-refractivity contribution in [2.45, 2.75) is 0 Å². The Morgan fingerprint density at radius 2 is 2.13 bits per heavy atom. The second kappa shape index (κ2) is 4.43. The van der Waals surface area contributed by atoms with Crippen LogP contribution in [-0.4, -0.2) is 9.97 Å². The van der Waals surface area contributed by atoms with Crippen LogP contribution in [0.15, 0.2) is 36.5 Å². The van der Waals surface area contributed by atoms with E-state index in [1.807, 2.05) is 34.7 Å². The molecule has 2 aromatic rings. The summed E-state index contributed by atoms with van der Waals surface area (Å²) in [6, 6.07) is 8.90. The van der Waals surface area contributed by atoms with Gasteiger partial charge in [0.2, 0.25) is 5.88 Å². The van der Waals surface area contributed by atoms with Crippen LogP contribution < -0.4 is 10.5 Å². The SMILES string of the molecule is Nc1cccc(Oc2ccnc(I)n2)c1. The lowest BCUT2D eigenvalue weighted by Crippen LogP contribution is -1.92. The molecule has 0 bridgehead atoms. The zero-order chi connectivity index (χ0) is 10.7. The van der Waals surface area contributed by atoms with Gasteiger partial charge in [0.05, 0.1) is 0 Å². The Morgan fingerprint density at radius 3 is 2.87 bits per heavy atom. The highest BCUT2D eigenvalue weighted by Gasteiger charge is 1.99.